The maximum atomic E-state index is 12.2. The summed E-state index contributed by atoms with van der Waals surface area (Å²) in [6.07, 6.45) is 2.49. The van der Waals surface area contributed by atoms with Gasteiger partial charge in [-0.2, -0.15) is 0 Å². The molecule has 4 heteroatoms. The van der Waals surface area contributed by atoms with Crippen LogP contribution >= 0.6 is 0 Å². The van der Waals surface area contributed by atoms with E-state index in [1.165, 1.54) is 24.0 Å². The second kappa shape index (κ2) is 10.1. The van der Waals surface area contributed by atoms with E-state index in [-0.39, 0.29) is 5.97 Å². The van der Waals surface area contributed by atoms with Crippen LogP contribution < -0.4 is 4.74 Å². The SMILES string of the molecule is O=C(OCCN1CCCC1)c1ccc(OCc2ccc(-c3ccccc3)cc2)cc1. The fraction of sp³-hybridized carbons (Fsp3) is 0.269. The largest absolute Gasteiger partial charge is 0.489 e. The molecule has 0 saturated carbocycles. The molecule has 0 radical (unpaired) electrons. The number of likely N-dealkylation sites (tertiary alicyclic amines) is 1. The molecule has 0 atom stereocenters. The van der Waals surface area contributed by atoms with Gasteiger partial charge in [0.1, 0.15) is 19.0 Å². The van der Waals surface area contributed by atoms with E-state index in [0.717, 1.165) is 30.9 Å². The molecule has 154 valence electrons. The molecule has 4 nitrogen and oxygen atoms in total. The third-order valence-corrected chi connectivity index (χ3v) is 5.40. The van der Waals surface area contributed by atoms with E-state index < -0.39 is 0 Å². The van der Waals surface area contributed by atoms with Gasteiger partial charge in [-0.05, 0) is 66.9 Å². The second-order valence-electron chi connectivity index (χ2n) is 7.56. The molecule has 3 aromatic rings. The van der Waals surface area contributed by atoms with Crippen LogP contribution in [-0.2, 0) is 11.3 Å². The van der Waals surface area contributed by atoms with Gasteiger partial charge in [-0.3, -0.25) is 4.90 Å². The minimum Gasteiger partial charge on any atom is -0.489 e. The molecule has 1 aliphatic heterocycles. The van der Waals surface area contributed by atoms with Gasteiger partial charge in [0, 0.05) is 6.54 Å². The highest BCUT2D eigenvalue weighted by molar-refractivity contribution is 5.89. The van der Waals surface area contributed by atoms with Crippen molar-refractivity contribution in [2.75, 3.05) is 26.2 Å². The zero-order chi connectivity index (χ0) is 20.6. The monoisotopic (exact) mass is 401 g/mol. The van der Waals surface area contributed by atoms with Crippen molar-refractivity contribution in [3.8, 4) is 16.9 Å². The Hall–Kier alpha value is -3.11. The van der Waals surface area contributed by atoms with Crippen molar-refractivity contribution in [1.82, 2.24) is 4.90 Å². The maximum Gasteiger partial charge on any atom is 0.338 e. The van der Waals surface area contributed by atoms with E-state index in [9.17, 15) is 4.79 Å². The normalized spacial score (nSPS) is 13.9. The van der Waals surface area contributed by atoms with Crippen LogP contribution in [-0.4, -0.2) is 37.1 Å². The number of carbonyl (C=O) groups is 1. The Balaban J connectivity index is 1.24. The van der Waals surface area contributed by atoms with Gasteiger partial charge in [-0.25, -0.2) is 4.79 Å². The Morgan fingerprint density at radius 1 is 0.800 bits per heavy atom. The third kappa shape index (κ3) is 5.49. The van der Waals surface area contributed by atoms with E-state index >= 15 is 0 Å². The number of carbonyl (C=O) groups excluding carboxylic acids is 1. The first-order valence-corrected chi connectivity index (χ1v) is 10.5. The summed E-state index contributed by atoms with van der Waals surface area (Å²) in [5, 5.41) is 0. The summed E-state index contributed by atoms with van der Waals surface area (Å²) in [7, 11) is 0. The quantitative estimate of drug-likeness (QED) is 0.487. The van der Waals surface area contributed by atoms with E-state index in [1.807, 2.05) is 30.3 Å². The second-order valence-corrected chi connectivity index (χ2v) is 7.56. The molecule has 1 aliphatic rings. The minimum atomic E-state index is -0.280. The molecule has 30 heavy (non-hydrogen) atoms. The first-order chi connectivity index (χ1) is 14.8. The fourth-order valence-electron chi connectivity index (χ4n) is 3.63. The van der Waals surface area contributed by atoms with Crippen LogP contribution in [0.5, 0.6) is 5.75 Å². The molecule has 1 fully saturated rings. The van der Waals surface area contributed by atoms with Crippen molar-refractivity contribution in [2.45, 2.75) is 19.4 Å². The van der Waals surface area contributed by atoms with Gasteiger partial charge in [0.25, 0.3) is 0 Å². The highest BCUT2D eigenvalue weighted by atomic mass is 16.5. The van der Waals surface area contributed by atoms with E-state index in [1.54, 1.807) is 12.1 Å². The van der Waals surface area contributed by atoms with Gasteiger partial charge in [0.05, 0.1) is 5.56 Å². The lowest BCUT2D eigenvalue weighted by molar-refractivity contribution is 0.0472. The van der Waals surface area contributed by atoms with Crippen molar-refractivity contribution in [2.24, 2.45) is 0 Å². The van der Waals surface area contributed by atoms with E-state index in [4.69, 9.17) is 9.47 Å². The van der Waals surface area contributed by atoms with Crippen LogP contribution in [0.15, 0.2) is 78.9 Å². The summed E-state index contributed by atoms with van der Waals surface area (Å²) in [6.45, 7) is 3.96. The number of rotatable bonds is 8. The summed E-state index contributed by atoms with van der Waals surface area (Å²) < 4.78 is 11.2. The summed E-state index contributed by atoms with van der Waals surface area (Å²) in [4.78, 5) is 14.5. The Labute approximate surface area is 178 Å². The fourth-order valence-corrected chi connectivity index (χ4v) is 3.63. The Morgan fingerprint density at radius 3 is 2.17 bits per heavy atom. The molecule has 0 bridgehead atoms. The smallest absolute Gasteiger partial charge is 0.338 e. The summed E-state index contributed by atoms with van der Waals surface area (Å²) in [6, 6.07) is 25.8. The molecule has 0 amide bonds. The molecule has 0 unspecified atom stereocenters. The molecular weight excluding hydrogens is 374 g/mol. The number of benzene rings is 3. The van der Waals surface area contributed by atoms with Gasteiger partial charge < -0.3 is 9.47 Å². The lowest BCUT2D eigenvalue weighted by Gasteiger charge is -2.14. The van der Waals surface area contributed by atoms with Gasteiger partial charge in [0.15, 0.2) is 0 Å². The third-order valence-electron chi connectivity index (χ3n) is 5.40. The number of ether oxygens (including phenoxy) is 2. The Morgan fingerprint density at radius 2 is 1.47 bits per heavy atom. The van der Waals surface area contributed by atoms with Crippen molar-refractivity contribution in [3.05, 3.63) is 90.0 Å². The topological polar surface area (TPSA) is 38.8 Å². The standard InChI is InChI=1S/C26H27NO3/c28-26(29-19-18-27-16-4-5-17-27)24-12-14-25(15-13-24)30-20-21-8-10-23(11-9-21)22-6-2-1-3-7-22/h1-3,6-15H,4-5,16-20H2. The average Bonchev–Trinajstić information content (AvgIpc) is 3.32. The Kier molecular flexibility index (Phi) is 6.78. The molecule has 4 rings (SSSR count). The zero-order valence-electron chi connectivity index (χ0n) is 17.1. The molecule has 1 saturated heterocycles. The predicted molar refractivity (Wildman–Crippen MR) is 119 cm³/mol. The molecular formula is C26H27NO3. The lowest BCUT2D eigenvalue weighted by atomic mass is 10.0. The van der Waals surface area contributed by atoms with Crippen LogP contribution in [0.4, 0.5) is 0 Å². The van der Waals surface area contributed by atoms with Crippen LogP contribution in [0.25, 0.3) is 11.1 Å². The lowest BCUT2D eigenvalue weighted by Crippen LogP contribution is -2.25. The predicted octanol–water partition coefficient (Wildman–Crippen LogP) is 5.19. The molecule has 0 aliphatic carbocycles. The molecule has 3 aromatic carbocycles. The summed E-state index contributed by atoms with van der Waals surface area (Å²) in [5.41, 5.74) is 4.04. The number of esters is 1. The summed E-state index contributed by atoms with van der Waals surface area (Å²) in [5.74, 6) is 0.452. The number of nitrogens with zero attached hydrogens (tertiary/aromatic N) is 1. The van der Waals surface area contributed by atoms with Gasteiger partial charge in [-0.15, -0.1) is 0 Å². The van der Waals surface area contributed by atoms with Crippen molar-refractivity contribution >= 4 is 5.97 Å². The minimum absolute atomic E-state index is 0.280. The molecule has 1 heterocycles. The Bertz CT molecular complexity index is 930. The maximum absolute atomic E-state index is 12.2. The van der Waals surface area contributed by atoms with E-state index in [2.05, 4.69) is 41.3 Å². The van der Waals surface area contributed by atoms with Gasteiger partial charge >= 0.3 is 5.97 Å². The highest BCUT2D eigenvalue weighted by Gasteiger charge is 2.13. The highest BCUT2D eigenvalue weighted by Crippen LogP contribution is 2.20. The first-order valence-electron chi connectivity index (χ1n) is 10.5. The van der Waals surface area contributed by atoms with Crippen LogP contribution in [0.1, 0.15) is 28.8 Å². The van der Waals surface area contributed by atoms with Gasteiger partial charge in [0.2, 0.25) is 0 Å². The zero-order valence-corrected chi connectivity index (χ0v) is 17.1. The molecule has 0 spiro atoms. The average molecular weight is 402 g/mol. The van der Waals surface area contributed by atoms with Crippen molar-refractivity contribution in [1.29, 1.82) is 0 Å². The van der Waals surface area contributed by atoms with Crippen LogP contribution in [0.3, 0.4) is 0 Å². The van der Waals surface area contributed by atoms with Crippen LogP contribution in [0, 0.1) is 0 Å². The first kappa shape index (κ1) is 20.2. The number of hydrogen-bond acceptors (Lipinski definition) is 4. The molecule has 0 aromatic heterocycles. The van der Waals surface area contributed by atoms with Gasteiger partial charge in [-0.1, -0.05) is 54.6 Å². The number of hydrogen-bond donors (Lipinski definition) is 0. The van der Waals surface area contributed by atoms with Crippen LogP contribution in [0.2, 0.25) is 0 Å². The van der Waals surface area contributed by atoms with Crippen molar-refractivity contribution in [3.63, 3.8) is 0 Å². The summed E-state index contributed by atoms with van der Waals surface area (Å²) >= 11 is 0. The van der Waals surface area contributed by atoms with E-state index in [0.29, 0.717) is 18.8 Å². The molecule has 0 N–H and O–H groups in total. The van der Waals surface area contributed by atoms with Crippen molar-refractivity contribution < 1.29 is 14.3 Å².